The van der Waals surface area contributed by atoms with Gasteiger partial charge in [-0.05, 0) is 5.56 Å². The molecule has 0 amide bonds. The minimum Gasteiger partial charge on any atom is -0.467 e. The Hall–Kier alpha value is -1.61. The summed E-state index contributed by atoms with van der Waals surface area (Å²) in [4.78, 5) is 12.0. The fraction of sp³-hybridized carbons (Fsp3) is 0.308. The van der Waals surface area contributed by atoms with Gasteiger partial charge in [-0.2, -0.15) is 0 Å². The second kappa shape index (κ2) is 4.10. The topological polar surface area (TPSA) is 38.3 Å². The molecule has 2 rings (SSSR count). The molecule has 3 heteroatoms. The van der Waals surface area contributed by atoms with Crippen molar-refractivity contribution in [1.29, 1.82) is 0 Å². The lowest BCUT2D eigenvalue weighted by atomic mass is 9.87. The molecular weight excluding hydrogens is 202 g/mol. The van der Waals surface area contributed by atoms with Crippen molar-refractivity contribution >= 4 is 5.97 Å². The summed E-state index contributed by atoms with van der Waals surface area (Å²) in [5.41, 5.74) is 1.21. The van der Waals surface area contributed by atoms with E-state index in [-0.39, 0.29) is 5.97 Å². The predicted molar refractivity (Wildman–Crippen MR) is 61.9 cm³/mol. The highest BCUT2D eigenvalue weighted by Crippen LogP contribution is 2.33. The number of esters is 1. The lowest BCUT2D eigenvalue weighted by Crippen LogP contribution is -2.45. The monoisotopic (exact) mass is 217 g/mol. The highest BCUT2D eigenvalue weighted by molar-refractivity contribution is 5.83. The Bertz CT molecular complexity index is 413. The summed E-state index contributed by atoms with van der Waals surface area (Å²) in [7, 11) is 1.41. The molecule has 16 heavy (non-hydrogen) atoms. The van der Waals surface area contributed by atoms with E-state index in [2.05, 4.69) is 11.9 Å². The zero-order valence-electron chi connectivity index (χ0n) is 9.32. The van der Waals surface area contributed by atoms with Crippen LogP contribution in [0.15, 0.2) is 42.5 Å². The van der Waals surface area contributed by atoms with E-state index in [0.717, 1.165) is 11.1 Å². The second-order valence-electron chi connectivity index (χ2n) is 4.04. The van der Waals surface area contributed by atoms with Crippen LogP contribution in [0.4, 0.5) is 0 Å². The predicted octanol–water partition coefficient (Wildman–Crippen LogP) is 1.60. The molecule has 0 aliphatic carbocycles. The van der Waals surface area contributed by atoms with Crippen LogP contribution in [0.2, 0.25) is 0 Å². The molecule has 0 unspecified atom stereocenters. The number of hydrogen-bond acceptors (Lipinski definition) is 3. The second-order valence-corrected chi connectivity index (χ2v) is 4.04. The van der Waals surface area contributed by atoms with Gasteiger partial charge >= 0.3 is 5.97 Å². The van der Waals surface area contributed by atoms with Gasteiger partial charge in [0, 0.05) is 13.0 Å². The zero-order valence-corrected chi connectivity index (χ0v) is 9.32. The van der Waals surface area contributed by atoms with Crippen LogP contribution in [0, 0.1) is 0 Å². The SMILES string of the molecule is C=C1CN[C@@](C(=O)OC)(c2ccccc2)C1. The lowest BCUT2D eigenvalue weighted by Gasteiger charge is -2.26. The van der Waals surface area contributed by atoms with Crippen LogP contribution in [0.25, 0.3) is 0 Å². The summed E-state index contributed by atoms with van der Waals surface area (Å²) in [6, 6.07) is 9.63. The zero-order chi connectivity index (χ0) is 11.6. The van der Waals surface area contributed by atoms with Gasteiger partial charge in [-0.25, -0.2) is 4.79 Å². The number of ether oxygens (including phenoxy) is 1. The maximum Gasteiger partial charge on any atom is 0.331 e. The van der Waals surface area contributed by atoms with Gasteiger partial charge in [0.15, 0.2) is 0 Å². The van der Waals surface area contributed by atoms with Gasteiger partial charge in [0.1, 0.15) is 5.54 Å². The third-order valence-corrected chi connectivity index (χ3v) is 2.96. The number of carbonyl (C=O) groups excluding carboxylic acids is 1. The molecule has 0 aromatic heterocycles. The molecule has 84 valence electrons. The maximum atomic E-state index is 12.0. The standard InChI is InChI=1S/C13H15NO2/c1-10-8-13(14-9-10,12(15)16-2)11-6-4-3-5-7-11/h3-7,14H,1,8-9H2,2H3/t13-/m1/s1. The van der Waals surface area contributed by atoms with Gasteiger partial charge in [-0.3, -0.25) is 5.32 Å². The van der Waals surface area contributed by atoms with Crippen LogP contribution < -0.4 is 5.32 Å². The van der Waals surface area contributed by atoms with Crippen molar-refractivity contribution in [2.75, 3.05) is 13.7 Å². The molecule has 1 N–H and O–H groups in total. The van der Waals surface area contributed by atoms with Crippen LogP contribution in [-0.2, 0) is 15.1 Å². The van der Waals surface area contributed by atoms with Crippen molar-refractivity contribution in [3.05, 3.63) is 48.0 Å². The Kier molecular flexibility index (Phi) is 2.79. The van der Waals surface area contributed by atoms with E-state index in [1.807, 2.05) is 30.3 Å². The van der Waals surface area contributed by atoms with Gasteiger partial charge in [0.05, 0.1) is 7.11 Å². The summed E-state index contributed by atoms with van der Waals surface area (Å²) in [6.07, 6.45) is 0.601. The minimum atomic E-state index is -0.743. The largest absolute Gasteiger partial charge is 0.467 e. The van der Waals surface area contributed by atoms with Gasteiger partial charge in [-0.15, -0.1) is 0 Å². The Morgan fingerprint density at radius 2 is 2.12 bits per heavy atom. The van der Waals surface area contributed by atoms with Crippen LogP contribution in [0.3, 0.4) is 0 Å². The van der Waals surface area contributed by atoms with Crippen LogP contribution in [0.1, 0.15) is 12.0 Å². The molecule has 0 bridgehead atoms. The van der Waals surface area contributed by atoms with E-state index in [1.54, 1.807) is 0 Å². The first-order valence-electron chi connectivity index (χ1n) is 5.24. The summed E-state index contributed by atoms with van der Waals surface area (Å²) in [6.45, 7) is 4.58. The van der Waals surface area contributed by atoms with E-state index >= 15 is 0 Å². The molecule has 1 atom stereocenters. The first-order chi connectivity index (χ1) is 7.69. The molecule has 1 aromatic carbocycles. The van der Waals surface area contributed by atoms with Crippen molar-refractivity contribution in [1.82, 2.24) is 5.32 Å². The van der Waals surface area contributed by atoms with E-state index in [4.69, 9.17) is 4.74 Å². The van der Waals surface area contributed by atoms with Gasteiger partial charge < -0.3 is 4.74 Å². The van der Waals surface area contributed by atoms with E-state index in [0.29, 0.717) is 13.0 Å². The fourth-order valence-corrected chi connectivity index (χ4v) is 2.14. The van der Waals surface area contributed by atoms with Crippen LogP contribution >= 0.6 is 0 Å². The van der Waals surface area contributed by atoms with Crippen molar-refractivity contribution in [2.24, 2.45) is 0 Å². The number of benzene rings is 1. The lowest BCUT2D eigenvalue weighted by molar-refractivity contribution is -0.148. The molecule has 1 aliphatic rings. The number of methoxy groups -OCH3 is 1. The van der Waals surface area contributed by atoms with Crippen molar-refractivity contribution in [3.8, 4) is 0 Å². The van der Waals surface area contributed by atoms with Gasteiger partial charge in [-0.1, -0.05) is 42.5 Å². The molecule has 1 fully saturated rings. The fourth-order valence-electron chi connectivity index (χ4n) is 2.14. The third-order valence-electron chi connectivity index (χ3n) is 2.96. The molecule has 0 radical (unpaired) electrons. The maximum absolute atomic E-state index is 12.0. The third kappa shape index (κ3) is 1.63. The molecule has 1 heterocycles. The molecular formula is C13H15NO2. The Balaban J connectivity index is 2.44. The van der Waals surface area contributed by atoms with E-state index in [1.165, 1.54) is 7.11 Å². The summed E-state index contributed by atoms with van der Waals surface area (Å²) >= 11 is 0. The van der Waals surface area contributed by atoms with Crippen LogP contribution in [0.5, 0.6) is 0 Å². The van der Waals surface area contributed by atoms with Crippen molar-refractivity contribution in [2.45, 2.75) is 12.0 Å². The Morgan fingerprint density at radius 3 is 2.62 bits per heavy atom. The van der Waals surface area contributed by atoms with Crippen molar-refractivity contribution in [3.63, 3.8) is 0 Å². The minimum absolute atomic E-state index is 0.252. The molecule has 1 aromatic rings. The number of hydrogen-bond donors (Lipinski definition) is 1. The molecule has 3 nitrogen and oxygen atoms in total. The first kappa shape index (κ1) is 10.9. The first-order valence-corrected chi connectivity index (χ1v) is 5.24. The average Bonchev–Trinajstić information content (AvgIpc) is 2.73. The normalized spacial score (nSPS) is 24.4. The summed E-state index contributed by atoms with van der Waals surface area (Å²) < 4.78 is 4.90. The van der Waals surface area contributed by atoms with E-state index < -0.39 is 5.54 Å². The van der Waals surface area contributed by atoms with Gasteiger partial charge in [0.25, 0.3) is 0 Å². The molecule has 1 aliphatic heterocycles. The van der Waals surface area contributed by atoms with Crippen LogP contribution in [-0.4, -0.2) is 19.6 Å². The molecule has 0 saturated carbocycles. The number of carbonyl (C=O) groups is 1. The highest BCUT2D eigenvalue weighted by Gasteiger charge is 2.44. The van der Waals surface area contributed by atoms with Gasteiger partial charge in [0.2, 0.25) is 0 Å². The Labute approximate surface area is 95.1 Å². The smallest absolute Gasteiger partial charge is 0.331 e. The summed E-state index contributed by atoms with van der Waals surface area (Å²) in [5, 5.41) is 3.21. The molecule has 1 saturated heterocycles. The number of nitrogens with one attached hydrogen (secondary N) is 1. The summed E-state index contributed by atoms with van der Waals surface area (Å²) in [5.74, 6) is -0.252. The molecule has 0 spiro atoms. The number of rotatable bonds is 2. The average molecular weight is 217 g/mol. The highest BCUT2D eigenvalue weighted by atomic mass is 16.5. The Morgan fingerprint density at radius 1 is 1.44 bits per heavy atom. The van der Waals surface area contributed by atoms with E-state index in [9.17, 15) is 4.79 Å². The quantitative estimate of drug-likeness (QED) is 0.604. The van der Waals surface area contributed by atoms with Crippen molar-refractivity contribution < 1.29 is 9.53 Å².